The van der Waals surface area contributed by atoms with Crippen LogP contribution in [0.3, 0.4) is 0 Å². The average molecular weight is 926 g/mol. The summed E-state index contributed by atoms with van der Waals surface area (Å²) < 4.78 is 30.5. The standard InChI is InChI=1S/C54H105N2O7P/c1-7-10-13-16-19-22-25-27-29-32-35-38-41-44-47-54(58)63-52(45-42-39-36-33-31-28-26-23-20-17-14-11-8-2)51(50-62-64(59,60)61-49-48-56(4,5)6)55-53(57)46-43-40-37-34-30-24-21-18-15-12-9-3/h18,21,42,45,51-52H,7-17,19-20,22-41,43-44,46-50H2,1-6H3,(H-,55,57,59,60)/p+1/b21-18-,45-42+. The number of esters is 1. The van der Waals surface area contributed by atoms with Crippen molar-refractivity contribution in [1.82, 2.24) is 5.32 Å². The molecule has 0 saturated heterocycles. The summed E-state index contributed by atoms with van der Waals surface area (Å²) in [4.78, 5) is 37.4. The van der Waals surface area contributed by atoms with Crippen molar-refractivity contribution in [3.8, 4) is 0 Å². The van der Waals surface area contributed by atoms with Gasteiger partial charge in [0, 0.05) is 12.8 Å². The molecule has 1 amide bonds. The predicted octanol–water partition coefficient (Wildman–Crippen LogP) is 15.8. The summed E-state index contributed by atoms with van der Waals surface area (Å²) in [6.07, 6.45) is 50.2. The maximum absolute atomic E-state index is 13.4. The first-order chi connectivity index (χ1) is 30.9. The van der Waals surface area contributed by atoms with E-state index in [1.165, 1.54) is 141 Å². The number of allylic oxidation sites excluding steroid dienone is 3. The molecule has 0 aromatic heterocycles. The summed E-state index contributed by atoms with van der Waals surface area (Å²) in [7, 11) is 1.50. The van der Waals surface area contributed by atoms with Crippen molar-refractivity contribution in [1.29, 1.82) is 0 Å². The van der Waals surface area contributed by atoms with Crippen LogP contribution in [-0.4, -0.2) is 74.3 Å². The van der Waals surface area contributed by atoms with Gasteiger partial charge in [-0.3, -0.25) is 18.6 Å². The second-order valence-electron chi connectivity index (χ2n) is 19.8. The van der Waals surface area contributed by atoms with Crippen molar-refractivity contribution in [2.75, 3.05) is 40.9 Å². The number of nitrogens with zero attached hydrogens (tertiary/aromatic N) is 1. The van der Waals surface area contributed by atoms with Crippen LogP contribution >= 0.6 is 7.82 Å². The molecule has 0 saturated carbocycles. The number of carbonyl (C=O) groups excluding carboxylic acids is 2. The van der Waals surface area contributed by atoms with Crippen molar-refractivity contribution in [3.63, 3.8) is 0 Å². The number of hydrogen-bond donors (Lipinski definition) is 2. The molecular formula is C54H106N2O7P+. The zero-order valence-corrected chi connectivity index (χ0v) is 43.9. The SMILES string of the molecule is CCCC/C=C\CCCCCCCC(=O)NC(COP(=O)(O)OCC[N+](C)(C)C)C(/C=C/CCCCCCCCCCCCC)OC(=O)CCCCCCCCCCCCCCCC. The van der Waals surface area contributed by atoms with Gasteiger partial charge in [-0.25, -0.2) is 4.57 Å². The van der Waals surface area contributed by atoms with Crippen molar-refractivity contribution in [2.45, 2.75) is 270 Å². The van der Waals surface area contributed by atoms with Gasteiger partial charge in [-0.1, -0.05) is 219 Å². The van der Waals surface area contributed by atoms with E-state index in [4.69, 9.17) is 13.8 Å². The van der Waals surface area contributed by atoms with Gasteiger partial charge < -0.3 is 19.4 Å². The maximum atomic E-state index is 13.4. The molecule has 0 spiro atoms. The monoisotopic (exact) mass is 926 g/mol. The summed E-state index contributed by atoms with van der Waals surface area (Å²) in [5.41, 5.74) is 0. The number of phosphoric acid groups is 1. The van der Waals surface area contributed by atoms with Crippen LogP contribution in [0.2, 0.25) is 0 Å². The van der Waals surface area contributed by atoms with Gasteiger partial charge in [-0.15, -0.1) is 0 Å². The van der Waals surface area contributed by atoms with Gasteiger partial charge in [0.1, 0.15) is 19.3 Å². The Balaban J connectivity index is 5.40. The Morgan fingerprint density at radius 2 is 0.922 bits per heavy atom. The first kappa shape index (κ1) is 62.5. The first-order valence-corrected chi connectivity index (χ1v) is 28.7. The molecule has 0 rings (SSSR count). The van der Waals surface area contributed by atoms with Gasteiger partial charge in [0.15, 0.2) is 0 Å². The van der Waals surface area contributed by atoms with Crippen LogP contribution in [0.5, 0.6) is 0 Å². The Labute approximate surface area is 396 Å². The number of rotatable bonds is 49. The molecular weight excluding hydrogens is 820 g/mol. The van der Waals surface area contributed by atoms with Crippen molar-refractivity contribution >= 4 is 19.7 Å². The molecule has 0 heterocycles. The molecule has 0 fully saturated rings. The highest BCUT2D eigenvalue weighted by Gasteiger charge is 2.30. The molecule has 3 unspecified atom stereocenters. The number of carbonyl (C=O) groups is 2. The zero-order valence-electron chi connectivity index (χ0n) is 43.0. The third-order valence-corrected chi connectivity index (χ3v) is 13.1. The Bertz CT molecular complexity index is 1160. The zero-order chi connectivity index (χ0) is 47.3. The third kappa shape index (κ3) is 45.6. The van der Waals surface area contributed by atoms with E-state index in [0.717, 1.165) is 83.5 Å². The average Bonchev–Trinajstić information content (AvgIpc) is 3.25. The number of ether oxygens (including phenoxy) is 1. The molecule has 0 radical (unpaired) electrons. The lowest BCUT2D eigenvalue weighted by molar-refractivity contribution is -0.870. The highest BCUT2D eigenvalue weighted by atomic mass is 31.2. The van der Waals surface area contributed by atoms with E-state index >= 15 is 0 Å². The number of phosphoric ester groups is 1. The van der Waals surface area contributed by atoms with Gasteiger partial charge in [0.2, 0.25) is 5.91 Å². The molecule has 64 heavy (non-hydrogen) atoms. The van der Waals surface area contributed by atoms with Crippen molar-refractivity contribution in [3.05, 3.63) is 24.3 Å². The van der Waals surface area contributed by atoms with Crippen LogP contribution in [0.1, 0.15) is 258 Å². The molecule has 0 aromatic rings. The van der Waals surface area contributed by atoms with Crippen molar-refractivity contribution in [2.24, 2.45) is 0 Å². The molecule has 0 bridgehead atoms. The van der Waals surface area contributed by atoms with E-state index in [1.54, 1.807) is 0 Å². The molecule has 2 N–H and O–H groups in total. The summed E-state index contributed by atoms with van der Waals surface area (Å²) in [5.74, 6) is -0.507. The fraction of sp³-hybridized carbons (Fsp3) is 0.889. The van der Waals surface area contributed by atoms with Gasteiger partial charge in [-0.2, -0.15) is 0 Å². The number of amides is 1. The number of nitrogens with one attached hydrogen (secondary N) is 1. The van der Waals surface area contributed by atoms with Crippen LogP contribution in [-0.2, 0) is 27.9 Å². The molecule has 378 valence electrons. The quantitative estimate of drug-likeness (QED) is 0.0205. The van der Waals surface area contributed by atoms with Crippen LogP contribution in [0, 0.1) is 0 Å². The molecule has 0 aliphatic heterocycles. The molecule has 9 nitrogen and oxygen atoms in total. The van der Waals surface area contributed by atoms with Crippen molar-refractivity contribution < 1.29 is 37.3 Å². The van der Waals surface area contributed by atoms with Gasteiger partial charge in [-0.05, 0) is 51.0 Å². The second-order valence-corrected chi connectivity index (χ2v) is 21.2. The Hall–Kier alpha value is -1.51. The predicted molar refractivity (Wildman–Crippen MR) is 273 cm³/mol. The van der Waals surface area contributed by atoms with E-state index in [-0.39, 0.29) is 25.1 Å². The lowest BCUT2D eigenvalue weighted by Gasteiger charge is -2.27. The largest absolute Gasteiger partial charge is 0.472 e. The summed E-state index contributed by atoms with van der Waals surface area (Å²) in [5, 5.41) is 3.03. The van der Waals surface area contributed by atoms with Gasteiger partial charge in [0.25, 0.3) is 0 Å². The first-order valence-electron chi connectivity index (χ1n) is 27.2. The fourth-order valence-corrected chi connectivity index (χ4v) is 8.60. The Kier molecular flexibility index (Phi) is 44.2. The summed E-state index contributed by atoms with van der Waals surface area (Å²) >= 11 is 0. The van der Waals surface area contributed by atoms with Crippen LogP contribution in [0.15, 0.2) is 24.3 Å². The Morgan fingerprint density at radius 1 is 0.531 bits per heavy atom. The van der Waals surface area contributed by atoms with E-state index in [0.29, 0.717) is 23.9 Å². The fourth-order valence-electron chi connectivity index (χ4n) is 7.86. The molecule has 0 aliphatic carbocycles. The van der Waals surface area contributed by atoms with E-state index in [9.17, 15) is 19.0 Å². The van der Waals surface area contributed by atoms with E-state index < -0.39 is 20.0 Å². The highest BCUT2D eigenvalue weighted by molar-refractivity contribution is 7.47. The van der Waals surface area contributed by atoms with Crippen LogP contribution in [0.4, 0.5) is 0 Å². The normalized spacial score (nSPS) is 14.0. The van der Waals surface area contributed by atoms with Crippen LogP contribution < -0.4 is 5.32 Å². The highest BCUT2D eigenvalue weighted by Crippen LogP contribution is 2.43. The minimum atomic E-state index is -4.43. The molecule has 0 aliphatic rings. The van der Waals surface area contributed by atoms with Gasteiger partial charge >= 0.3 is 13.8 Å². The topological polar surface area (TPSA) is 111 Å². The smallest absolute Gasteiger partial charge is 0.456 e. The second kappa shape index (κ2) is 45.3. The number of quaternary nitrogens is 1. The minimum Gasteiger partial charge on any atom is -0.456 e. The number of hydrogen-bond acceptors (Lipinski definition) is 6. The Morgan fingerprint density at radius 3 is 1.38 bits per heavy atom. The number of likely N-dealkylation sites (N-methyl/N-ethyl adjacent to an activating group) is 1. The summed E-state index contributed by atoms with van der Waals surface area (Å²) in [6.45, 7) is 6.98. The number of unbranched alkanes of at least 4 members (excludes halogenated alkanes) is 31. The van der Waals surface area contributed by atoms with Gasteiger partial charge in [0.05, 0.1) is 33.8 Å². The molecule has 3 atom stereocenters. The lowest BCUT2D eigenvalue weighted by atomic mass is 10.0. The van der Waals surface area contributed by atoms with E-state index in [1.807, 2.05) is 33.3 Å². The molecule has 10 heteroatoms. The molecule has 0 aromatic carbocycles. The van der Waals surface area contributed by atoms with E-state index in [2.05, 4.69) is 38.2 Å². The maximum Gasteiger partial charge on any atom is 0.472 e. The third-order valence-electron chi connectivity index (χ3n) is 12.1. The van der Waals surface area contributed by atoms with Crippen LogP contribution in [0.25, 0.3) is 0 Å². The summed E-state index contributed by atoms with van der Waals surface area (Å²) in [6, 6.07) is -0.844. The lowest BCUT2D eigenvalue weighted by Crippen LogP contribution is -2.47. The minimum absolute atomic E-state index is 0.0416.